The third-order valence-electron chi connectivity index (χ3n) is 4.08. The van der Waals surface area contributed by atoms with Crippen LogP contribution in [-0.2, 0) is 0 Å². The van der Waals surface area contributed by atoms with Crippen molar-refractivity contribution < 1.29 is 4.92 Å². The number of nitrogens with one attached hydrogen (secondary N) is 1. The quantitative estimate of drug-likeness (QED) is 0.500. The van der Waals surface area contributed by atoms with E-state index in [-0.39, 0.29) is 5.69 Å². The van der Waals surface area contributed by atoms with Gasteiger partial charge in [0.05, 0.1) is 4.92 Å². The lowest BCUT2D eigenvalue weighted by molar-refractivity contribution is -0.383. The van der Waals surface area contributed by atoms with E-state index in [4.69, 9.17) is 23.8 Å². The summed E-state index contributed by atoms with van der Waals surface area (Å²) in [4.78, 5) is 15.0. The number of hydrogen-bond donors (Lipinski definition) is 1. The van der Waals surface area contributed by atoms with Gasteiger partial charge in [0.2, 0.25) is 0 Å². The van der Waals surface area contributed by atoms with Crippen LogP contribution in [0.5, 0.6) is 0 Å². The van der Waals surface area contributed by atoms with E-state index < -0.39 is 4.92 Å². The summed E-state index contributed by atoms with van der Waals surface area (Å²) in [5, 5.41) is 15.3. The Labute approximate surface area is 156 Å². The lowest BCUT2D eigenvalue weighted by atomic mass is 10.2. The summed E-state index contributed by atoms with van der Waals surface area (Å²) in [7, 11) is 0. The summed E-state index contributed by atoms with van der Waals surface area (Å²) in [5.41, 5.74) is 1.52. The molecule has 2 aromatic rings. The molecule has 1 heterocycles. The van der Waals surface area contributed by atoms with Gasteiger partial charge in [0.25, 0.3) is 5.69 Å². The second-order valence-corrected chi connectivity index (χ2v) is 6.48. The predicted octanol–water partition coefficient (Wildman–Crippen LogP) is 3.77. The second kappa shape index (κ2) is 7.67. The first-order valence-electron chi connectivity index (χ1n) is 7.84. The van der Waals surface area contributed by atoms with Gasteiger partial charge < -0.3 is 15.1 Å². The SMILES string of the molecule is O=[N+]([O-])c1ccccc1NC(=S)N1CCN(c2cccc(Cl)c2)CC1. The minimum atomic E-state index is -0.415. The number of rotatable bonds is 3. The highest BCUT2D eigenvalue weighted by Gasteiger charge is 2.21. The van der Waals surface area contributed by atoms with Crippen LogP contribution in [0.2, 0.25) is 5.02 Å². The minimum absolute atomic E-state index is 0.0161. The largest absolute Gasteiger partial charge is 0.368 e. The molecule has 25 heavy (non-hydrogen) atoms. The molecule has 0 saturated carbocycles. The molecule has 1 N–H and O–H groups in total. The van der Waals surface area contributed by atoms with Crippen molar-refractivity contribution in [3.8, 4) is 0 Å². The summed E-state index contributed by atoms with van der Waals surface area (Å²) in [6.45, 7) is 3.08. The second-order valence-electron chi connectivity index (χ2n) is 5.66. The highest BCUT2D eigenvalue weighted by molar-refractivity contribution is 7.80. The van der Waals surface area contributed by atoms with Gasteiger partial charge in [-0.15, -0.1) is 0 Å². The number of hydrogen-bond acceptors (Lipinski definition) is 4. The van der Waals surface area contributed by atoms with Crippen LogP contribution in [-0.4, -0.2) is 41.1 Å². The molecule has 1 fully saturated rings. The maximum absolute atomic E-state index is 11.1. The van der Waals surface area contributed by atoms with Crippen LogP contribution in [0.25, 0.3) is 0 Å². The van der Waals surface area contributed by atoms with Crippen molar-refractivity contribution in [2.45, 2.75) is 0 Å². The third kappa shape index (κ3) is 4.18. The van der Waals surface area contributed by atoms with Gasteiger partial charge in [-0.05, 0) is 36.5 Å². The summed E-state index contributed by atoms with van der Waals surface area (Å²) in [5.74, 6) is 0. The van der Waals surface area contributed by atoms with E-state index in [0.29, 0.717) is 15.8 Å². The topological polar surface area (TPSA) is 61.7 Å². The molecule has 1 saturated heterocycles. The first-order chi connectivity index (χ1) is 12.0. The van der Waals surface area contributed by atoms with Gasteiger partial charge in [-0.3, -0.25) is 10.1 Å². The van der Waals surface area contributed by atoms with Crippen molar-refractivity contribution in [2.24, 2.45) is 0 Å². The minimum Gasteiger partial charge on any atom is -0.368 e. The van der Waals surface area contributed by atoms with Gasteiger partial charge in [-0.2, -0.15) is 0 Å². The van der Waals surface area contributed by atoms with Crippen LogP contribution >= 0.6 is 23.8 Å². The van der Waals surface area contributed by atoms with Crippen molar-refractivity contribution in [2.75, 3.05) is 36.4 Å². The standard InChI is InChI=1S/C17H17ClN4O2S/c18-13-4-3-5-14(12-13)20-8-10-21(11-9-20)17(25)19-15-6-1-2-7-16(15)22(23)24/h1-7,12H,8-11H2,(H,19,25). The number of benzene rings is 2. The zero-order valence-corrected chi connectivity index (χ0v) is 15.0. The third-order valence-corrected chi connectivity index (χ3v) is 4.68. The molecular formula is C17H17ClN4O2S. The fourth-order valence-electron chi connectivity index (χ4n) is 2.77. The molecule has 130 valence electrons. The normalized spacial score (nSPS) is 14.3. The van der Waals surface area contributed by atoms with E-state index in [1.165, 1.54) is 6.07 Å². The molecule has 0 bridgehead atoms. The van der Waals surface area contributed by atoms with Gasteiger partial charge in [-0.25, -0.2) is 0 Å². The van der Waals surface area contributed by atoms with Crippen LogP contribution in [0.15, 0.2) is 48.5 Å². The van der Waals surface area contributed by atoms with Crippen LogP contribution in [0.4, 0.5) is 17.1 Å². The number of piperazine rings is 1. The molecule has 0 amide bonds. The first-order valence-corrected chi connectivity index (χ1v) is 8.63. The van der Waals surface area contributed by atoms with Crippen molar-refractivity contribution in [1.82, 2.24) is 4.90 Å². The highest BCUT2D eigenvalue weighted by Crippen LogP contribution is 2.24. The summed E-state index contributed by atoms with van der Waals surface area (Å²) >= 11 is 11.5. The highest BCUT2D eigenvalue weighted by atomic mass is 35.5. The predicted molar refractivity (Wildman–Crippen MR) is 105 cm³/mol. The Hall–Kier alpha value is -2.38. The Morgan fingerprint density at radius 3 is 2.52 bits per heavy atom. The molecule has 0 spiro atoms. The number of anilines is 2. The van der Waals surface area contributed by atoms with Crippen LogP contribution in [0.1, 0.15) is 0 Å². The Balaban J connectivity index is 1.61. The molecule has 0 unspecified atom stereocenters. The maximum Gasteiger partial charge on any atom is 0.292 e. The zero-order chi connectivity index (χ0) is 17.8. The molecule has 0 aliphatic carbocycles. The molecule has 1 aliphatic rings. The number of halogens is 1. The average molecular weight is 377 g/mol. The zero-order valence-electron chi connectivity index (χ0n) is 13.4. The van der Waals surface area contributed by atoms with Crippen LogP contribution in [0.3, 0.4) is 0 Å². The fraction of sp³-hybridized carbons (Fsp3) is 0.235. The van der Waals surface area contributed by atoms with E-state index in [9.17, 15) is 10.1 Å². The van der Waals surface area contributed by atoms with Crippen LogP contribution in [0, 0.1) is 10.1 Å². The summed E-state index contributed by atoms with van der Waals surface area (Å²) in [6, 6.07) is 14.3. The number of thiocarbonyl (C=S) groups is 1. The van der Waals surface area contributed by atoms with Crippen LogP contribution < -0.4 is 10.2 Å². The average Bonchev–Trinajstić information content (AvgIpc) is 2.62. The number of nitro benzene ring substituents is 1. The molecule has 2 aromatic carbocycles. The lowest BCUT2D eigenvalue weighted by Gasteiger charge is -2.37. The van der Waals surface area contributed by atoms with Gasteiger partial charge in [0, 0.05) is 43.0 Å². The number of nitrogens with zero attached hydrogens (tertiary/aromatic N) is 3. The van der Waals surface area contributed by atoms with E-state index in [0.717, 1.165) is 31.9 Å². The molecular weight excluding hydrogens is 360 g/mol. The van der Waals surface area contributed by atoms with E-state index in [2.05, 4.69) is 10.2 Å². The lowest BCUT2D eigenvalue weighted by Crippen LogP contribution is -2.50. The van der Waals surface area contributed by atoms with Gasteiger partial charge >= 0.3 is 0 Å². The Bertz CT molecular complexity index is 794. The molecule has 8 heteroatoms. The molecule has 6 nitrogen and oxygen atoms in total. The van der Waals surface area contributed by atoms with Gasteiger partial charge in [0.1, 0.15) is 5.69 Å². The van der Waals surface area contributed by atoms with Crippen molar-refractivity contribution in [3.05, 3.63) is 63.7 Å². The molecule has 1 aliphatic heterocycles. The maximum atomic E-state index is 11.1. The molecule has 0 atom stereocenters. The molecule has 3 rings (SSSR count). The Morgan fingerprint density at radius 1 is 1.12 bits per heavy atom. The van der Waals surface area contributed by atoms with E-state index in [1.54, 1.807) is 18.2 Å². The van der Waals surface area contributed by atoms with Crippen molar-refractivity contribution in [3.63, 3.8) is 0 Å². The number of nitro groups is 1. The molecule has 0 aromatic heterocycles. The number of para-hydroxylation sites is 2. The van der Waals surface area contributed by atoms with Crippen molar-refractivity contribution >= 4 is 46.0 Å². The first kappa shape index (κ1) is 17.4. The van der Waals surface area contributed by atoms with Gasteiger partial charge in [-0.1, -0.05) is 29.8 Å². The smallest absolute Gasteiger partial charge is 0.292 e. The summed E-state index contributed by atoms with van der Waals surface area (Å²) < 4.78 is 0. The van der Waals surface area contributed by atoms with Crippen molar-refractivity contribution in [1.29, 1.82) is 0 Å². The fourth-order valence-corrected chi connectivity index (χ4v) is 3.25. The molecule has 0 radical (unpaired) electrons. The monoisotopic (exact) mass is 376 g/mol. The van der Waals surface area contributed by atoms with E-state index in [1.807, 2.05) is 29.2 Å². The summed E-state index contributed by atoms with van der Waals surface area (Å²) in [6.07, 6.45) is 0. The Kier molecular flexibility index (Phi) is 5.35. The Morgan fingerprint density at radius 2 is 1.84 bits per heavy atom. The van der Waals surface area contributed by atoms with Gasteiger partial charge in [0.15, 0.2) is 5.11 Å². The van der Waals surface area contributed by atoms with E-state index >= 15 is 0 Å².